The molecule has 1 aromatic rings. The van der Waals surface area contributed by atoms with E-state index in [9.17, 15) is 9.59 Å². The summed E-state index contributed by atoms with van der Waals surface area (Å²) in [5, 5.41) is 8.93. The Morgan fingerprint density at radius 3 is 2.82 bits per heavy atom. The van der Waals surface area contributed by atoms with Gasteiger partial charge in [0, 0.05) is 6.54 Å². The van der Waals surface area contributed by atoms with Crippen molar-refractivity contribution < 1.29 is 24.2 Å². The Bertz CT molecular complexity index is 505. The highest BCUT2D eigenvalue weighted by molar-refractivity contribution is 5.81. The number of hydrogen-bond acceptors (Lipinski definition) is 4. The van der Waals surface area contributed by atoms with Crippen molar-refractivity contribution in [2.75, 3.05) is 19.8 Å². The minimum absolute atomic E-state index is 0.114. The van der Waals surface area contributed by atoms with Crippen LogP contribution in [0.15, 0.2) is 30.3 Å². The van der Waals surface area contributed by atoms with Crippen LogP contribution < -0.4 is 0 Å². The Labute approximate surface area is 129 Å². The highest BCUT2D eigenvalue weighted by Crippen LogP contribution is 2.14. The molecule has 0 bridgehead atoms. The molecule has 1 aliphatic heterocycles. The van der Waals surface area contributed by atoms with E-state index in [0.29, 0.717) is 19.8 Å². The molecule has 22 heavy (non-hydrogen) atoms. The van der Waals surface area contributed by atoms with Gasteiger partial charge in [0.1, 0.15) is 6.10 Å². The first-order valence-electron chi connectivity index (χ1n) is 7.33. The first-order chi connectivity index (χ1) is 10.6. The Morgan fingerprint density at radius 2 is 2.14 bits per heavy atom. The number of carbonyl (C=O) groups is 2. The van der Waals surface area contributed by atoms with Crippen LogP contribution in [-0.2, 0) is 25.7 Å². The molecule has 0 spiro atoms. The molecule has 0 radical (unpaired) electrons. The number of carboxylic acid groups (broad SMARTS) is 1. The van der Waals surface area contributed by atoms with Crippen molar-refractivity contribution >= 4 is 11.9 Å². The number of amides is 1. The van der Waals surface area contributed by atoms with E-state index in [0.717, 1.165) is 5.56 Å². The van der Waals surface area contributed by atoms with E-state index in [4.69, 9.17) is 14.6 Å². The molecular formula is C16H21NO5. The van der Waals surface area contributed by atoms with Crippen LogP contribution in [0.5, 0.6) is 0 Å². The molecule has 1 fully saturated rings. The molecule has 1 heterocycles. The summed E-state index contributed by atoms with van der Waals surface area (Å²) >= 11 is 0. The van der Waals surface area contributed by atoms with E-state index in [-0.39, 0.29) is 18.9 Å². The average molecular weight is 307 g/mol. The van der Waals surface area contributed by atoms with Crippen molar-refractivity contribution in [2.45, 2.75) is 32.1 Å². The predicted molar refractivity (Wildman–Crippen MR) is 79.3 cm³/mol. The third-order valence-electron chi connectivity index (χ3n) is 3.61. The van der Waals surface area contributed by atoms with Gasteiger partial charge in [-0.15, -0.1) is 0 Å². The lowest BCUT2D eigenvalue weighted by Crippen LogP contribution is -2.52. The zero-order chi connectivity index (χ0) is 15.9. The van der Waals surface area contributed by atoms with Crippen LogP contribution in [0.1, 0.15) is 18.9 Å². The van der Waals surface area contributed by atoms with Crippen LogP contribution in [0.2, 0.25) is 0 Å². The maximum Gasteiger partial charge on any atom is 0.305 e. The summed E-state index contributed by atoms with van der Waals surface area (Å²) in [6.07, 6.45) is -0.730. The normalized spacial score (nSPS) is 19.7. The number of rotatable bonds is 6. The van der Waals surface area contributed by atoms with Crippen LogP contribution in [0.3, 0.4) is 0 Å². The van der Waals surface area contributed by atoms with Crippen molar-refractivity contribution in [1.82, 2.24) is 4.90 Å². The summed E-state index contributed by atoms with van der Waals surface area (Å²) < 4.78 is 10.9. The zero-order valence-electron chi connectivity index (χ0n) is 12.6. The van der Waals surface area contributed by atoms with E-state index in [2.05, 4.69) is 0 Å². The predicted octanol–water partition coefficient (Wildman–Crippen LogP) is 1.29. The van der Waals surface area contributed by atoms with Crippen molar-refractivity contribution in [3.63, 3.8) is 0 Å². The van der Waals surface area contributed by atoms with Gasteiger partial charge in [-0.05, 0) is 12.5 Å². The summed E-state index contributed by atoms with van der Waals surface area (Å²) in [6, 6.07) is 9.17. The number of nitrogens with zero attached hydrogens (tertiary/aromatic N) is 1. The van der Waals surface area contributed by atoms with Gasteiger partial charge in [-0.25, -0.2) is 0 Å². The molecule has 1 aromatic carbocycles. The molecule has 2 atom stereocenters. The zero-order valence-corrected chi connectivity index (χ0v) is 12.6. The lowest BCUT2D eigenvalue weighted by atomic mass is 10.1. The second kappa shape index (κ2) is 7.91. The van der Waals surface area contributed by atoms with E-state index >= 15 is 0 Å². The number of aliphatic carboxylic acids is 1. The Hall–Kier alpha value is -1.92. The van der Waals surface area contributed by atoms with Gasteiger partial charge in [0.05, 0.1) is 32.3 Å². The van der Waals surface area contributed by atoms with Gasteiger partial charge >= 0.3 is 5.97 Å². The highest BCUT2D eigenvalue weighted by Gasteiger charge is 2.31. The first-order valence-corrected chi connectivity index (χ1v) is 7.33. The second-order valence-electron chi connectivity index (χ2n) is 5.30. The molecule has 2 unspecified atom stereocenters. The summed E-state index contributed by atoms with van der Waals surface area (Å²) in [7, 11) is 0. The van der Waals surface area contributed by atoms with E-state index in [1.807, 2.05) is 30.3 Å². The number of carbonyl (C=O) groups excluding carboxylic acids is 1. The molecule has 1 saturated heterocycles. The fourth-order valence-corrected chi connectivity index (χ4v) is 2.42. The molecule has 1 amide bonds. The van der Waals surface area contributed by atoms with Crippen LogP contribution in [0.25, 0.3) is 0 Å². The van der Waals surface area contributed by atoms with Gasteiger partial charge in [-0.2, -0.15) is 0 Å². The molecule has 120 valence electrons. The summed E-state index contributed by atoms with van der Waals surface area (Å²) in [5.74, 6) is -1.13. The quantitative estimate of drug-likeness (QED) is 0.857. The van der Waals surface area contributed by atoms with Crippen LogP contribution in [-0.4, -0.2) is 53.8 Å². The average Bonchev–Trinajstić information content (AvgIpc) is 2.53. The Morgan fingerprint density at radius 1 is 1.41 bits per heavy atom. The maximum absolute atomic E-state index is 12.5. The van der Waals surface area contributed by atoms with Crippen LogP contribution in [0, 0.1) is 0 Å². The number of ether oxygens (including phenoxy) is 2. The van der Waals surface area contributed by atoms with Gasteiger partial charge in [0.15, 0.2) is 0 Å². The van der Waals surface area contributed by atoms with Gasteiger partial charge < -0.3 is 19.5 Å². The van der Waals surface area contributed by atoms with Crippen molar-refractivity contribution in [3.05, 3.63) is 35.9 Å². The van der Waals surface area contributed by atoms with Crippen molar-refractivity contribution in [3.8, 4) is 0 Å². The monoisotopic (exact) mass is 307 g/mol. The lowest BCUT2D eigenvalue weighted by Gasteiger charge is -2.36. The number of hydrogen-bond donors (Lipinski definition) is 1. The summed E-state index contributed by atoms with van der Waals surface area (Å²) in [6.45, 7) is 3.12. The largest absolute Gasteiger partial charge is 0.481 e. The molecular weight excluding hydrogens is 286 g/mol. The van der Waals surface area contributed by atoms with Crippen molar-refractivity contribution in [1.29, 1.82) is 0 Å². The van der Waals surface area contributed by atoms with E-state index in [1.54, 1.807) is 11.8 Å². The minimum Gasteiger partial charge on any atom is -0.481 e. The fraction of sp³-hybridized carbons (Fsp3) is 0.500. The molecule has 6 heteroatoms. The minimum atomic E-state index is -0.939. The third kappa shape index (κ3) is 4.54. The molecule has 6 nitrogen and oxygen atoms in total. The van der Waals surface area contributed by atoms with Gasteiger partial charge in [0.25, 0.3) is 5.91 Å². The lowest BCUT2D eigenvalue weighted by molar-refractivity contribution is -0.155. The fourth-order valence-electron chi connectivity index (χ4n) is 2.42. The number of carboxylic acids is 1. The van der Waals surface area contributed by atoms with Gasteiger partial charge in [-0.3, -0.25) is 9.59 Å². The number of morpholine rings is 1. The summed E-state index contributed by atoms with van der Waals surface area (Å²) in [5.41, 5.74) is 0.992. The summed E-state index contributed by atoms with van der Waals surface area (Å²) in [4.78, 5) is 24.9. The first kappa shape index (κ1) is 16.5. The smallest absolute Gasteiger partial charge is 0.305 e. The maximum atomic E-state index is 12.5. The molecule has 0 aliphatic carbocycles. The van der Waals surface area contributed by atoms with Crippen molar-refractivity contribution in [2.24, 2.45) is 0 Å². The molecule has 0 aromatic heterocycles. The van der Waals surface area contributed by atoms with E-state index in [1.165, 1.54) is 0 Å². The Kier molecular flexibility index (Phi) is 5.91. The highest BCUT2D eigenvalue weighted by atomic mass is 16.5. The molecule has 1 N–H and O–H groups in total. The van der Waals surface area contributed by atoms with E-state index < -0.39 is 18.1 Å². The standard InChI is InChI=1S/C16H21NO5/c1-12(22-10-13-5-3-2-4-6-13)16(20)17-7-8-21-11-14(17)9-15(18)19/h2-6,12,14H,7-11H2,1H3,(H,18,19). The topological polar surface area (TPSA) is 76.1 Å². The third-order valence-corrected chi connectivity index (χ3v) is 3.61. The Balaban J connectivity index is 1.91. The molecule has 2 rings (SSSR count). The van der Waals surface area contributed by atoms with Gasteiger partial charge in [-0.1, -0.05) is 30.3 Å². The molecule has 1 aliphatic rings. The second-order valence-corrected chi connectivity index (χ2v) is 5.30. The SMILES string of the molecule is CC(OCc1ccccc1)C(=O)N1CCOCC1CC(=O)O. The number of benzene rings is 1. The van der Waals surface area contributed by atoms with Crippen LogP contribution in [0.4, 0.5) is 0 Å². The molecule has 0 saturated carbocycles. The van der Waals surface area contributed by atoms with Crippen LogP contribution >= 0.6 is 0 Å². The van der Waals surface area contributed by atoms with Gasteiger partial charge in [0.2, 0.25) is 0 Å².